The molecular weight excluding hydrogens is 126 g/mol. The second kappa shape index (κ2) is 6.46. The predicted octanol–water partition coefficient (Wildman–Crippen LogP) is -0.675. The van der Waals surface area contributed by atoms with Gasteiger partial charge < -0.3 is 4.90 Å². The average Bonchev–Trinajstić information content (AvgIpc) is 1.87. The molecule has 1 N–H and O–H groups in total. The molecule has 0 saturated carbocycles. The van der Waals surface area contributed by atoms with Crippen molar-refractivity contribution in [2.45, 2.75) is 6.42 Å². The molecule has 10 heavy (non-hydrogen) atoms. The maximum atomic E-state index is 3.93. The van der Waals surface area contributed by atoms with Crippen molar-refractivity contribution in [3.63, 3.8) is 0 Å². The van der Waals surface area contributed by atoms with Gasteiger partial charge in [-0.05, 0) is 0 Å². The number of hydrogen-bond acceptors (Lipinski definition) is 2. The van der Waals surface area contributed by atoms with E-state index in [-0.39, 0.29) is 0 Å². The molecule has 0 aromatic carbocycles. The molecule has 0 aromatic rings. The lowest BCUT2D eigenvalue weighted by Gasteiger charge is -2.03. The summed E-state index contributed by atoms with van der Waals surface area (Å²) >= 11 is 0. The van der Waals surface area contributed by atoms with Crippen LogP contribution in [0, 0.1) is 0 Å². The SMILES string of the molecule is CN=C=NCCC[NH+](C)C. The van der Waals surface area contributed by atoms with Gasteiger partial charge in [-0.2, -0.15) is 0 Å². The van der Waals surface area contributed by atoms with Crippen molar-refractivity contribution in [2.24, 2.45) is 9.98 Å². The highest BCUT2D eigenvalue weighted by molar-refractivity contribution is 5.40. The van der Waals surface area contributed by atoms with Crippen molar-refractivity contribution in [1.29, 1.82) is 0 Å². The molecule has 3 nitrogen and oxygen atoms in total. The number of aliphatic imine (C=N–C) groups is 2. The third-order valence-corrected chi connectivity index (χ3v) is 1.12. The van der Waals surface area contributed by atoms with E-state index in [0.29, 0.717) is 0 Å². The molecule has 0 aliphatic heterocycles. The molecule has 0 fully saturated rings. The van der Waals surface area contributed by atoms with Gasteiger partial charge in [0.25, 0.3) is 0 Å². The Kier molecular flexibility index (Phi) is 6.03. The summed E-state index contributed by atoms with van der Waals surface area (Å²) in [5.41, 5.74) is 0. The monoisotopic (exact) mass is 142 g/mol. The van der Waals surface area contributed by atoms with E-state index in [1.165, 1.54) is 4.90 Å². The van der Waals surface area contributed by atoms with Crippen LogP contribution in [0.2, 0.25) is 0 Å². The lowest BCUT2D eigenvalue weighted by atomic mass is 10.4. The Morgan fingerprint density at radius 3 is 2.60 bits per heavy atom. The summed E-state index contributed by atoms with van der Waals surface area (Å²) in [7, 11) is 5.95. The molecule has 0 rings (SSSR count). The molecule has 3 heteroatoms. The molecule has 0 atom stereocenters. The average molecular weight is 142 g/mol. The van der Waals surface area contributed by atoms with Crippen molar-refractivity contribution < 1.29 is 4.90 Å². The fourth-order valence-electron chi connectivity index (χ4n) is 0.632. The van der Waals surface area contributed by atoms with Crippen LogP contribution in [0.25, 0.3) is 0 Å². The number of hydrogen-bond donors (Lipinski definition) is 1. The van der Waals surface area contributed by atoms with Crippen LogP contribution in [-0.4, -0.2) is 40.2 Å². The first-order chi connectivity index (χ1) is 4.77. The lowest BCUT2D eigenvalue weighted by Crippen LogP contribution is -3.05. The Morgan fingerprint density at radius 2 is 2.10 bits per heavy atom. The summed E-state index contributed by atoms with van der Waals surface area (Å²) in [6.45, 7) is 2.01. The van der Waals surface area contributed by atoms with Gasteiger partial charge in [-0.1, -0.05) is 0 Å². The van der Waals surface area contributed by atoms with Crippen molar-refractivity contribution in [3.8, 4) is 0 Å². The Balaban J connectivity index is 3.13. The Labute approximate surface area is 62.5 Å². The zero-order valence-corrected chi connectivity index (χ0v) is 7.02. The molecule has 0 aliphatic rings. The molecule has 0 bridgehead atoms. The maximum absolute atomic E-state index is 3.93. The first kappa shape index (κ1) is 9.34. The Morgan fingerprint density at radius 1 is 1.40 bits per heavy atom. The lowest BCUT2D eigenvalue weighted by molar-refractivity contribution is -0.858. The van der Waals surface area contributed by atoms with E-state index >= 15 is 0 Å². The van der Waals surface area contributed by atoms with Crippen molar-refractivity contribution in [1.82, 2.24) is 0 Å². The molecule has 0 spiro atoms. The third-order valence-electron chi connectivity index (χ3n) is 1.12. The van der Waals surface area contributed by atoms with Crippen molar-refractivity contribution in [3.05, 3.63) is 0 Å². The van der Waals surface area contributed by atoms with Crippen LogP contribution in [-0.2, 0) is 0 Å². The highest BCUT2D eigenvalue weighted by atomic mass is 15.0. The fraction of sp³-hybridized carbons (Fsp3) is 0.857. The first-order valence-corrected chi connectivity index (χ1v) is 3.56. The standard InChI is InChI=1S/C7H15N3/c1-8-7-9-5-4-6-10(2)3/h4-6H2,1-3H3/p+1. The van der Waals surface area contributed by atoms with Crippen LogP contribution >= 0.6 is 0 Å². The molecule has 0 saturated heterocycles. The van der Waals surface area contributed by atoms with Crippen LogP contribution in [0.5, 0.6) is 0 Å². The van der Waals surface area contributed by atoms with E-state index in [9.17, 15) is 0 Å². The van der Waals surface area contributed by atoms with Gasteiger partial charge in [0.1, 0.15) is 0 Å². The Hall–Kier alpha value is -0.660. The first-order valence-electron chi connectivity index (χ1n) is 3.56. The molecule has 0 unspecified atom stereocenters. The molecule has 0 aliphatic carbocycles. The minimum atomic E-state index is 0.850. The highest BCUT2D eigenvalue weighted by Crippen LogP contribution is 1.72. The van der Waals surface area contributed by atoms with Gasteiger partial charge in [0.2, 0.25) is 0 Å². The second-order valence-electron chi connectivity index (χ2n) is 2.52. The van der Waals surface area contributed by atoms with Gasteiger partial charge in [0.15, 0.2) is 0 Å². The van der Waals surface area contributed by atoms with Crippen LogP contribution in [0.1, 0.15) is 6.42 Å². The molecule has 0 radical (unpaired) electrons. The van der Waals surface area contributed by atoms with Gasteiger partial charge >= 0.3 is 0 Å². The Bertz CT molecular complexity index is 123. The molecule has 58 valence electrons. The molecule has 0 heterocycles. The molecule has 0 amide bonds. The van der Waals surface area contributed by atoms with Crippen LogP contribution in [0.4, 0.5) is 0 Å². The van der Waals surface area contributed by atoms with Gasteiger partial charge in [-0.3, -0.25) is 0 Å². The third kappa shape index (κ3) is 7.34. The molecule has 0 aromatic heterocycles. The largest absolute Gasteiger partial charge is 0.340 e. The van der Waals surface area contributed by atoms with Crippen LogP contribution in [0.3, 0.4) is 0 Å². The normalized spacial score (nSPS) is 9.20. The number of rotatable bonds is 4. The quantitative estimate of drug-likeness (QED) is 0.398. The second-order valence-corrected chi connectivity index (χ2v) is 2.52. The molecular formula is C7H16N3+. The topological polar surface area (TPSA) is 29.2 Å². The smallest absolute Gasteiger partial charge is 0.0889 e. The predicted molar refractivity (Wildman–Crippen MR) is 42.9 cm³/mol. The van der Waals surface area contributed by atoms with Gasteiger partial charge in [0.05, 0.1) is 33.2 Å². The van der Waals surface area contributed by atoms with Gasteiger partial charge in [0, 0.05) is 13.5 Å². The minimum Gasteiger partial charge on any atom is -0.340 e. The number of nitrogens with one attached hydrogen (secondary N) is 1. The van der Waals surface area contributed by atoms with E-state index in [0.717, 1.165) is 19.5 Å². The van der Waals surface area contributed by atoms with Crippen molar-refractivity contribution >= 4 is 6.01 Å². The van der Waals surface area contributed by atoms with Crippen LogP contribution in [0.15, 0.2) is 9.98 Å². The van der Waals surface area contributed by atoms with E-state index in [1.807, 2.05) is 0 Å². The summed E-state index contributed by atoms with van der Waals surface area (Å²) in [5.74, 6) is 0. The van der Waals surface area contributed by atoms with Gasteiger partial charge in [-0.25, -0.2) is 9.98 Å². The minimum absolute atomic E-state index is 0.850. The van der Waals surface area contributed by atoms with Gasteiger partial charge in [-0.15, -0.1) is 0 Å². The summed E-state index contributed by atoms with van der Waals surface area (Å²) < 4.78 is 0. The van der Waals surface area contributed by atoms with E-state index in [2.05, 4.69) is 30.1 Å². The zero-order valence-electron chi connectivity index (χ0n) is 7.02. The van der Waals surface area contributed by atoms with E-state index in [4.69, 9.17) is 0 Å². The zero-order chi connectivity index (χ0) is 7.82. The maximum Gasteiger partial charge on any atom is 0.0889 e. The summed E-state index contributed by atoms with van der Waals surface area (Å²) in [5, 5.41) is 0. The number of quaternary nitrogens is 1. The summed E-state index contributed by atoms with van der Waals surface area (Å²) in [6, 6.07) is 2.56. The number of nitrogens with zero attached hydrogens (tertiary/aromatic N) is 2. The fourth-order valence-corrected chi connectivity index (χ4v) is 0.632. The van der Waals surface area contributed by atoms with Crippen LogP contribution < -0.4 is 4.90 Å². The van der Waals surface area contributed by atoms with E-state index < -0.39 is 0 Å². The van der Waals surface area contributed by atoms with E-state index in [1.54, 1.807) is 7.05 Å². The summed E-state index contributed by atoms with van der Waals surface area (Å²) in [6.07, 6.45) is 1.12. The van der Waals surface area contributed by atoms with Crippen molar-refractivity contribution in [2.75, 3.05) is 34.2 Å². The summed E-state index contributed by atoms with van der Waals surface area (Å²) in [4.78, 5) is 9.02. The highest BCUT2D eigenvalue weighted by Gasteiger charge is 1.89.